The summed E-state index contributed by atoms with van der Waals surface area (Å²) < 4.78 is 16.2. The average Bonchev–Trinajstić information content (AvgIpc) is 3.22. The third-order valence-electron chi connectivity index (χ3n) is 5.42. The van der Waals surface area contributed by atoms with Gasteiger partial charge in [-0.3, -0.25) is 4.79 Å². The number of nitrogens with zero attached hydrogens (tertiary/aromatic N) is 1. The maximum atomic E-state index is 13.3. The van der Waals surface area contributed by atoms with E-state index in [1.165, 1.54) is 11.3 Å². The third-order valence-corrected chi connectivity index (χ3v) is 8.27. The Morgan fingerprint density at radius 2 is 1.60 bits per heavy atom. The van der Waals surface area contributed by atoms with Crippen molar-refractivity contribution in [1.82, 2.24) is 9.71 Å². The fourth-order valence-electron chi connectivity index (χ4n) is 3.59. The summed E-state index contributed by atoms with van der Waals surface area (Å²) in [6.07, 6.45) is 0.698. The van der Waals surface area contributed by atoms with Crippen LogP contribution in [0.15, 0.2) is 89.8 Å². The van der Waals surface area contributed by atoms with Gasteiger partial charge in [-0.15, -0.1) is 11.3 Å². The second-order valence-corrected chi connectivity index (χ2v) is 11.9. The zero-order valence-corrected chi connectivity index (χ0v) is 21.3. The van der Waals surface area contributed by atoms with E-state index in [9.17, 15) is 9.00 Å². The quantitative estimate of drug-likeness (QED) is 0.282. The van der Waals surface area contributed by atoms with E-state index in [1.807, 2.05) is 48.5 Å². The maximum Gasteiger partial charge on any atom is 0.246 e. The number of carbonyl (C=O) groups excluding carboxylic acids is 1. The Morgan fingerprint density at radius 1 is 1.00 bits per heavy atom. The molecule has 3 aromatic carbocycles. The van der Waals surface area contributed by atoms with Crippen LogP contribution in [0.1, 0.15) is 24.3 Å². The molecule has 0 spiro atoms. The van der Waals surface area contributed by atoms with Gasteiger partial charge in [-0.2, -0.15) is 0 Å². The molecule has 2 radical (unpaired) electrons. The molecule has 4 rings (SSSR count). The number of nitrogens with one attached hydrogen (secondary N) is 2. The van der Waals surface area contributed by atoms with Crippen molar-refractivity contribution < 1.29 is 9.00 Å². The lowest BCUT2D eigenvalue weighted by Crippen LogP contribution is -2.52. The molecule has 35 heavy (non-hydrogen) atoms. The molecular weight excluding hydrogens is 473 g/mol. The van der Waals surface area contributed by atoms with Gasteiger partial charge >= 0.3 is 0 Å². The fourth-order valence-corrected chi connectivity index (χ4v) is 6.21. The van der Waals surface area contributed by atoms with E-state index in [1.54, 1.807) is 38.1 Å². The second kappa shape index (κ2) is 10.2. The molecule has 0 aliphatic rings. The van der Waals surface area contributed by atoms with Crippen molar-refractivity contribution in [3.63, 3.8) is 0 Å². The minimum absolute atomic E-state index is 0.357. The zero-order valence-electron chi connectivity index (χ0n) is 19.7. The van der Waals surface area contributed by atoms with Crippen molar-refractivity contribution in [2.75, 3.05) is 5.32 Å². The Balaban J connectivity index is 1.58. The largest absolute Gasteiger partial charge is 0.300 e. The van der Waals surface area contributed by atoms with Crippen LogP contribution < -0.4 is 15.5 Å². The SMILES string of the molecule is [B]c1ccc(S(=C)(=O)NC(C)(C)C(=O)Nc2nc(-c3ccccc3)c(Cc3ccccc3)s2)cc1. The highest BCUT2D eigenvalue weighted by Gasteiger charge is 2.32. The topological polar surface area (TPSA) is 71.1 Å². The molecule has 0 saturated carbocycles. The van der Waals surface area contributed by atoms with Crippen molar-refractivity contribution in [2.24, 2.45) is 0 Å². The smallest absolute Gasteiger partial charge is 0.246 e. The number of rotatable bonds is 8. The predicted octanol–water partition coefficient (Wildman–Crippen LogP) is 4.19. The van der Waals surface area contributed by atoms with Crippen LogP contribution >= 0.6 is 11.3 Å². The summed E-state index contributed by atoms with van der Waals surface area (Å²) in [4.78, 5) is 19.5. The molecule has 8 heteroatoms. The van der Waals surface area contributed by atoms with Crippen LogP contribution in [0.2, 0.25) is 0 Å². The van der Waals surface area contributed by atoms with E-state index in [-0.39, 0.29) is 5.91 Å². The summed E-state index contributed by atoms with van der Waals surface area (Å²) in [5.41, 5.74) is 2.36. The van der Waals surface area contributed by atoms with Crippen molar-refractivity contribution in [2.45, 2.75) is 30.7 Å². The molecule has 4 aromatic rings. The monoisotopic (exact) mass is 499 g/mol. The average molecular weight is 499 g/mol. The summed E-state index contributed by atoms with van der Waals surface area (Å²) in [7, 11) is 2.79. The number of carbonyl (C=O) groups is 1. The van der Waals surface area contributed by atoms with Gasteiger partial charge in [-0.1, -0.05) is 78.3 Å². The molecule has 1 unspecified atom stereocenters. The Labute approximate surface area is 212 Å². The first-order valence-corrected chi connectivity index (χ1v) is 13.6. The third kappa shape index (κ3) is 6.09. The first-order chi connectivity index (χ1) is 16.6. The van der Waals surface area contributed by atoms with Crippen LogP contribution in [0.25, 0.3) is 11.3 Å². The lowest BCUT2D eigenvalue weighted by Gasteiger charge is -2.27. The normalized spacial score (nSPS) is 13.2. The van der Waals surface area contributed by atoms with Crippen molar-refractivity contribution >= 4 is 51.3 Å². The Bertz CT molecular complexity index is 1420. The van der Waals surface area contributed by atoms with Crippen LogP contribution in [0.5, 0.6) is 0 Å². The summed E-state index contributed by atoms with van der Waals surface area (Å²) in [5, 5.41) is 3.40. The van der Waals surface area contributed by atoms with E-state index < -0.39 is 15.2 Å². The van der Waals surface area contributed by atoms with E-state index in [0.29, 0.717) is 21.9 Å². The molecule has 1 aromatic heterocycles. The lowest BCUT2D eigenvalue weighted by molar-refractivity contribution is -0.120. The molecule has 2 N–H and O–H groups in total. The van der Waals surface area contributed by atoms with Crippen molar-refractivity contribution in [1.29, 1.82) is 0 Å². The zero-order chi connectivity index (χ0) is 25.1. The molecular formula is C27H26BN3O2S2. The van der Waals surface area contributed by atoms with Gasteiger partial charge in [0.1, 0.15) is 13.4 Å². The van der Waals surface area contributed by atoms with Crippen LogP contribution in [0.3, 0.4) is 0 Å². The Morgan fingerprint density at radius 3 is 2.23 bits per heavy atom. The minimum atomic E-state index is -2.94. The van der Waals surface area contributed by atoms with Gasteiger partial charge in [-0.25, -0.2) is 13.9 Å². The van der Waals surface area contributed by atoms with Crippen LogP contribution in [-0.4, -0.2) is 34.4 Å². The van der Waals surface area contributed by atoms with E-state index in [0.717, 1.165) is 21.7 Å². The minimum Gasteiger partial charge on any atom is -0.300 e. The second-order valence-electron chi connectivity index (χ2n) is 8.74. The molecule has 5 nitrogen and oxygen atoms in total. The van der Waals surface area contributed by atoms with Gasteiger partial charge in [-0.05, 0) is 37.4 Å². The van der Waals surface area contributed by atoms with Crippen LogP contribution in [-0.2, 0) is 20.9 Å². The molecule has 0 fully saturated rings. The molecule has 0 aliphatic carbocycles. The molecule has 176 valence electrons. The summed E-state index contributed by atoms with van der Waals surface area (Å²) in [6, 6.07) is 26.7. The van der Waals surface area contributed by atoms with Gasteiger partial charge in [0.25, 0.3) is 0 Å². The number of hydrogen-bond donors (Lipinski definition) is 2. The molecule has 0 bridgehead atoms. The highest BCUT2D eigenvalue weighted by atomic mass is 32.2. The highest BCUT2D eigenvalue weighted by molar-refractivity contribution is 7.98. The number of thiazole rings is 1. The first kappa shape index (κ1) is 24.9. The number of benzene rings is 3. The Hall–Kier alpha value is -3.20. The van der Waals surface area contributed by atoms with Crippen molar-refractivity contribution in [3.05, 3.63) is 95.4 Å². The van der Waals surface area contributed by atoms with E-state index in [2.05, 4.69) is 28.0 Å². The number of amides is 1. The standard InChI is InChI=1S/C27H26BN3O2S2/c1-27(2,31-35(3,33)22-16-14-21(28)15-17-22)25(32)30-26-29-24(20-12-8-5-9-13-20)23(34-26)18-19-10-6-4-7-11-19/h4-17H,3,18H2,1-2H3,(H,31,33)(H,29,30,32). The van der Waals surface area contributed by atoms with Gasteiger partial charge in [0.2, 0.25) is 5.91 Å². The lowest BCUT2D eigenvalue weighted by atomic mass is 9.97. The number of hydrogen-bond acceptors (Lipinski definition) is 4. The van der Waals surface area contributed by atoms with Crippen molar-refractivity contribution in [3.8, 4) is 11.3 Å². The number of aromatic nitrogens is 1. The summed E-state index contributed by atoms with van der Waals surface area (Å²) >= 11 is 1.44. The molecule has 1 amide bonds. The van der Waals surface area contributed by atoms with Gasteiger partial charge in [0.05, 0.1) is 15.4 Å². The molecule has 1 atom stereocenters. The first-order valence-electron chi connectivity index (χ1n) is 11.1. The molecule has 1 heterocycles. The van der Waals surface area contributed by atoms with Gasteiger partial charge < -0.3 is 5.32 Å². The highest BCUT2D eigenvalue weighted by Crippen LogP contribution is 2.33. The fraction of sp³-hybridized carbons (Fsp3) is 0.148. The summed E-state index contributed by atoms with van der Waals surface area (Å²) in [5.74, 6) is 3.47. The summed E-state index contributed by atoms with van der Waals surface area (Å²) in [6.45, 7) is 3.34. The maximum absolute atomic E-state index is 13.3. The van der Waals surface area contributed by atoms with Gasteiger partial charge in [0, 0.05) is 21.8 Å². The van der Waals surface area contributed by atoms with Crippen LogP contribution in [0, 0.1) is 0 Å². The van der Waals surface area contributed by atoms with E-state index >= 15 is 0 Å². The van der Waals surface area contributed by atoms with Gasteiger partial charge in [0.15, 0.2) is 5.13 Å². The van der Waals surface area contributed by atoms with E-state index in [4.69, 9.17) is 12.8 Å². The Kier molecular flexibility index (Phi) is 7.26. The number of anilines is 1. The molecule has 0 saturated heterocycles. The predicted molar refractivity (Wildman–Crippen MR) is 148 cm³/mol. The van der Waals surface area contributed by atoms with Crippen LogP contribution in [0.4, 0.5) is 5.13 Å². The molecule has 0 aliphatic heterocycles.